The van der Waals surface area contributed by atoms with Crippen molar-refractivity contribution in [1.29, 1.82) is 0 Å². The lowest BCUT2D eigenvalue weighted by atomic mass is 10.0. The van der Waals surface area contributed by atoms with Gasteiger partial charge in [0.1, 0.15) is 11.9 Å². The molecule has 0 saturated carbocycles. The van der Waals surface area contributed by atoms with Crippen molar-refractivity contribution in [3.05, 3.63) is 69.9 Å². The third-order valence-electron chi connectivity index (χ3n) is 4.82. The quantitative estimate of drug-likeness (QED) is 0.505. The molecule has 1 unspecified atom stereocenters. The molecule has 0 aromatic heterocycles. The van der Waals surface area contributed by atoms with Crippen LogP contribution in [0.4, 0.5) is 4.39 Å². The van der Waals surface area contributed by atoms with Crippen LogP contribution in [-0.2, 0) is 4.74 Å². The van der Waals surface area contributed by atoms with Crippen LogP contribution < -0.4 is 0 Å². The zero-order valence-electron chi connectivity index (χ0n) is 16.1. The lowest BCUT2D eigenvalue weighted by Crippen LogP contribution is -2.47. The summed E-state index contributed by atoms with van der Waals surface area (Å²) in [5.41, 5.74) is 2.02. The SMILES string of the molecule is C#CCN1CCN(CCOC(c2ccc(F)cc2)c2ccc(Br)cc2)CC1.Cl.Cl. The minimum Gasteiger partial charge on any atom is -0.367 e. The van der Waals surface area contributed by atoms with Gasteiger partial charge < -0.3 is 4.74 Å². The Kier molecular flexibility index (Phi) is 11.8. The van der Waals surface area contributed by atoms with Gasteiger partial charge in [0.2, 0.25) is 0 Å². The van der Waals surface area contributed by atoms with Crippen LogP contribution in [0.2, 0.25) is 0 Å². The molecule has 3 rings (SSSR count). The van der Waals surface area contributed by atoms with Gasteiger partial charge in [0.15, 0.2) is 0 Å². The van der Waals surface area contributed by atoms with Gasteiger partial charge in [-0.15, -0.1) is 31.2 Å². The van der Waals surface area contributed by atoms with Crippen molar-refractivity contribution < 1.29 is 9.13 Å². The molecular weight excluding hydrogens is 478 g/mol. The third kappa shape index (κ3) is 7.90. The Morgan fingerprint density at radius 2 is 1.45 bits per heavy atom. The van der Waals surface area contributed by atoms with Gasteiger partial charge in [0.05, 0.1) is 13.2 Å². The molecule has 1 aliphatic heterocycles. The second-order valence-electron chi connectivity index (χ2n) is 6.68. The first kappa shape index (κ1) is 25.9. The summed E-state index contributed by atoms with van der Waals surface area (Å²) >= 11 is 3.47. The van der Waals surface area contributed by atoms with Gasteiger partial charge in [-0.2, -0.15) is 0 Å². The Labute approximate surface area is 193 Å². The first-order valence-corrected chi connectivity index (χ1v) is 9.96. The highest BCUT2D eigenvalue weighted by atomic mass is 79.9. The number of hydrogen-bond acceptors (Lipinski definition) is 3. The van der Waals surface area contributed by atoms with Crippen molar-refractivity contribution in [2.24, 2.45) is 0 Å². The Balaban J connectivity index is 0.00000210. The average Bonchev–Trinajstić information content (AvgIpc) is 2.69. The molecule has 2 aromatic rings. The Bertz CT molecular complexity index is 714. The first-order valence-electron chi connectivity index (χ1n) is 9.16. The van der Waals surface area contributed by atoms with E-state index in [0.29, 0.717) is 6.61 Å². The van der Waals surface area contributed by atoms with Gasteiger partial charge in [0.25, 0.3) is 0 Å². The Hall–Kier alpha value is -1.13. The van der Waals surface area contributed by atoms with E-state index >= 15 is 0 Å². The molecule has 2 aromatic carbocycles. The molecule has 1 aliphatic rings. The van der Waals surface area contributed by atoms with Crippen LogP contribution in [0.1, 0.15) is 17.2 Å². The van der Waals surface area contributed by atoms with Gasteiger partial charge in [-0.05, 0) is 35.4 Å². The van der Waals surface area contributed by atoms with Crippen LogP contribution in [0.3, 0.4) is 0 Å². The zero-order chi connectivity index (χ0) is 19.1. The Morgan fingerprint density at radius 1 is 0.931 bits per heavy atom. The normalized spacial score (nSPS) is 15.6. The number of hydrogen-bond donors (Lipinski definition) is 0. The minimum atomic E-state index is -0.238. The molecule has 1 heterocycles. The monoisotopic (exact) mass is 502 g/mol. The summed E-state index contributed by atoms with van der Waals surface area (Å²) in [5, 5.41) is 0. The maximum Gasteiger partial charge on any atom is 0.123 e. The van der Waals surface area contributed by atoms with Crippen molar-refractivity contribution in [3.63, 3.8) is 0 Å². The van der Waals surface area contributed by atoms with E-state index in [0.717, 1.165) is 54.9 Å². The first-order chi connectivity index (χ1) is 13.2. The number of rotatable bonds is 7. The fourth-order valence-electron chi connectivity index (χ4n) is 3.26. The van der Waals surface area contributed by atoms with Crippen LogP contribution in [0.25, 0.3) is 0 Å². The van der Waals surface area contributed by atoms with E-state index in [1.165, 1.54) is 12.1 Å². The summed E-state index contributed by atoms with van der Waals surface area (Å²) in [6, 6.07) is 14.6. The molecule has 0 radical (unpaired) electrons. The van der Waals surface area contributed by atoms with Crippen molar-refractivity contribution in [3.8, 4) is 12.3 Å². The molecule has 0 spiro atoms. The molecule has 1 saturated heterocycles. The average molecular weight is 504 g/mol. The molecule has 7 heteroatoms. The number of nitrogens with zero attached hydrogens (tertiary/aromatic N) is 2. The number of benzene rings is 2. The number of halogens is 4. The summed E-state index contributed by atoms with van der Waals surface area (Å²) in [6.45, 7) is 6.22. The number of terminal acetylenes is 1. The number of piperazine rings is 1. The molecular formula is C22H26BrCl2FN2O. The standard InChI is InChI=1S/C22H24BrFN2O.2ClH/c1-2-11-25-12-14-26(15-13-25)16-17-27-22(18-3-7-20(23)8-4-18)19-5-9-21(24)10-6-19;;/h1,3-10,22H,11-17H2;2*1H. The van der Waals surface area contributed by atoms with Gasteiger partial charge in [-0.25, -0.2) is 4.39 Å². The second-order valence-corrected chi connectivity index (χ2v) is 7.59. The van der Waals surface area contributed by atoms with Gasteiger partial charge >= 0.3 is 0 Å². The zero-order valence-corrected chi connectivity index (χ0v) is 19.3. The highest BCUT2D eigenvalue weighted by Gasteiger charge is 2.18. The fourth-order valence-corrected chi connectivity index (χ4v) is 3.52. The van der Waals surface area contributed by atoms with Gasteiger partial charge in [-0.3, -0.25) is 9.80 Å². The molecule has 0 N–H and O–H groups in total. The summed E-state index contributed by atoms with van der Waals surface area (Å²) in [4.78, 5) is 4.69. The molecule has 1 atom stereocenters. The van der Waals surface area contributed by atoms with Crippen molar-refractivity contribution in [1.82, 2.24) is 9.80 Å². The van der Waals surface area contributed by atoms with E-state index in [-0.39, 0.29) is 36.7 Å². The van der Waals surface area contributed by atoms with E-state index in [1.54, 1.807) is 12.1 Å². The highest BCUT2D eigenvalue weighted by molar-refractivity contribution is 9.10. The van der Waals surface area contributed by atoms with E-state index in [2.05, 4.69) is 31.7 Å². The molecule has 0 amide bonds. The lowest BCUT2D eigenvalue weighted by Gasteiger charge is -2.33. The van der Waals surface area contributed by atoms with E-state index in [4.69, 9.17) is 11.2 Å². The van der Waals surface area contributed by atoms with E-state index < -0.39 is 0 Å². The van der Waals surface area contributed by atoms with Gasteiger partial charge in [0, 0.05) is 37.2 Å². The predicted octanol–water partition coefficient (Wildman–Crippen LogP) is 4.79. The van der Waals surface area contributed by atoms with Crippen LogP contribution in [-0.4, -0.2) is 55.7 Å². The van der Waals surface area contributed by atoms with Crippen LogP contribution in [0, 0.1) is 18.2 Å². The molecule has 158 valence electrons. The van der Waals surface area contributed by atoms with Crippen molar-refractivity contribution >= 4 is 40.7 Å². The Morgan fingerprint density at radius 3 is 2.00 bits per heavy atom. The minimum absolute atomic E-state index is 0. The molecule has 29 heavy (non-hydrogen) atoms. The van der Waals surface area contributed by atoms with Crippen molar-refractivity contribution in [2.75, 3.05) is 45.9 Å². The summed E-state index contributed by atoms with van der Waals surface area (Å²) in [6.07, 6.45) is 5.18. The van der Waals surface area contributed by atoms with Crippen LogP contribution in [0.15, 0.2) is 53.0 Å². The highest BCUT2D eigenvalue weighted by Crippen LogP contribution is 2.27. The fraction of sp³-hybridized carbons (Fsp3) is 0.364. The maximum atomic E-state index is 13.3. The van der Waals surface area contributed by atoms with Crippen molar-refractivity contribution in [2.45, 2.75) is 6.10 Å². The molecule has 0 aliphatic carbocycles. The third-order valence-corrected chi connectivity index (χ3v) is 5.35. The predicted molar refractivity (Wildman–Crippen MR) is 125 cm³/mol. The van der Waals surface area contributed by atoms with Crippen LogP contribution in [0.5, 0.6) is 0 Å². The van der Waals surface area contributed by atoms with Gasteiger partial charge in [-0.1, -0.05) is 46.1 Å². The number of ether oxygens (including phenoxy) is 1. The summed E-state index contributed by atoms with van der Waals surface area (Å²) in [5.74, 6) is 2.47. The van der Waals surface area contributed by atoms with Crippen LogP contribution >= 0.6 is 40.7 Å². The second kappa shape index (κ2) is 13.2. The smallest absolute Gasteiger partial charge is 0.123 e. The molecule has 0 bridgehead atoms. The van der Waals surface area contributed by atoms with E-state index in [9.17, 15) is 4.39 Å². The summed E-state index contributed by atoms with van der Waals surface area (Å²) < 4.78 is 20.6. The lowest BCUT2D eigenvalue weighted by molar-refractivity contribution is 0.0469. The molecule has 1 fully saturated rings. The topological polar surface area (TPSA) is 15.7 Å². The maximum absolute atomic E-state index is 13.3. The molecule has 3 nitrogen and oxygen atoms in total. The largest absolute Gasteiger partial charge is 0.367 e. The summed E-state index contributed by atoms with van der Waals surface area (Å²) in [7, 11) is 0. The van der Waals surface area contributed by atoms with E-state index in [1.807, 2.05) is 24.3 Å².